The Balaban J connectivity index is 1.48. The van der Waals surface area contributed by atoms with Crippen molar-refractivity contribution in [3.05, 3.63) is 59.7 Å². The summed E-state index contributed by atoms with van der Waals surface area (Å²) < 4.78 is 4.91. The predicted octanol–water partition coefficient (Wildman–Crippen LogP) is 2.99. The SMILES string of the molecule is COCCNC(=O)c1ccc(NC(=O)CNc2cccc(C(=O)N3CCC(C)CC3)c2)cc1. The van der Waals surface area contributed by atoms with Crippen molar-refractivity contribution in [1.82, 2.24) is 10.2 Å². The minimum atomic E-state index is -0.228. The molecule has 0 aliphatic carbocycles. The van der Waals surface area contributed by atoms with Gasteiger partial charge in [0.2, 0.25) is 5.91 Å². The van der Waals surface area contributed by atoms with Crippen molar-refractivity contribution in [2.45, 2.75) is 19.8 Å². The molecule has 3 N–H and O–H groups in total. The fourth-order valence-electron chi connectivity index (χ4n) is 3.62. The van der Waals surface area contributed by atoms with Crippen molar-refractivity contribution in [3.8, 4) is 0 Å². The van der Waals surface area contributed by atoms with Gasteiger partial charge in [-0.3, -0.25) is 14.4 Å². The van der Waals surface area contributed by atoms with Gasteiger partial charge in [0, 0.05) is 49.2 Å². The van der Waals surface area contributed by atoms with Crippen molar-refractivity contribution in [1.29, 1.82) is 0 Å². The number of hydrogen-bond acceptors (Lipinski definition) is 5. The van der Waals surface area contributed by atoms with Crippen LogP contribution in [0.2, 0.25) is 0 Å². The van der Waals surface area contributed by atoms with Crippen LogP contribution in [-0.2, 0) is 9.53 Å². The molecule has 0 aromatic heterocycles. The van der Waals surface area contributed by atoms with Gasteiger partial charge in [0.05, 0.1) is 13.2 Å². The number of hydrogen-bond donors (Lipinski definition) is 3. The van der Waals surface area contributed by atoms with E-state index >= 15 is 0 Å². The average Bonchev–Trinajstić information content (AvgIpc) is 2.83. The molecular weight excluding hydrogens is 420 g/mol. The Morgan fingerprint density at radius 1 is 1.00 bits per heavy atom. The zero-order valence-corrected chi connectivity index (χ0v) is 19.2. The molecule has 176 valence electrons. The van der Waals surface area contributed by atoms with Crippen LogP contribution in [0.5, 0.6) is 0 Å². The second-order valence-electron chi connectivity index (χ2n) is 8.28. The van der Waals surface area contributed by atoms with Gasteiger partial charge in [-0.15, -0.1) is 0 Å². The van der Waals surface area contributed by atoms with E-state index in [-0.39, 0.29) is 24.3 Å². The first-order chi connectivity index (χ1) is 16.0. The molecule has 1 saturated heterocycles. The number of anilines is 2. The summed E-state index contributed by atoms with van der Waals surface area (Å²) in [5.41, 5.74) is 2.43. The number of carbonyl (C=O) groups is 3. The quantitative estimate of drug-likeness (QED) is 0.508. The number of benzene rings is 2. The number of nitrogens with zero attached hydrogens (tertiary/aromatic N) is 1. The van der Waals surface area contributed by atoms with Gasteiger partial charge in [-0.05, 0) is 61.2 Å². The normalized spacial score (nSPS) is 13.9. The molecule has 0 unspecified atom stereocenters. The van der Waals surface area contributed by atoms with Gasteiger partial charge in [-0.2, -0.15) is 0 Å². The molecule has 0 bridgehead atoms. The van der Waals surface area contributed by atoms with E-state index in [4.69, 9.17) is 4.74 Å². The predicted molar refractivity (Wildman–Crippen MR) is 129 cm³/mol. The van der Waals surface area contributed by atoms with Crippen LogP contribution in [0, 0.1) is 5.92 Å². The number of nitrogens with one attached hydrogen (secondary N) is 3. The Bertz CT molecular complexity index is 953. The summed E-state index contributed by atoms with van der Waals surface area (Å²) in [6.45, 7) is 4.72. The molecule has 8 heteroatoms. The van der Waals surface area contributed by atoms with E-state index < -0.39 is 0 Å². The number of rotatable bonds is 9. The van der Waals surface area contributed by atoms with Gasteiger partial charge in [-0.1, -0.05) is 13.0 Å². The maximum absolute atomic E-state index is 12.8. The second kappa shape index (κ2) is 12.0. The number of carbonyl (C=O) groups excluding carboxylic acids is 3. The number of methoxy groups -OCH3 is 1. The highest BCUT2D eigenvalue weighted by Crippen LogP contribution is 2.19. The molecule has 3 rings (SSSR count). The summed E-state index contributed by atoms with van der Waals surface area (Å²) in [5.74, 6) is 0.269. The van der Waals surface area contributed by atoms with Gasteiger partial charge in [0.25, 0.3) is 11.8 Å². The van der Waals surface area contributed by atoms with Crippen LogP contribution in [0.25, 0.3) is 0 Å². The maximum atomic E-state index is 12.8. The molecule has 0 radical (unpaired) electrons. The van der Waals surface area contributed by atoms with Crippen molar-refractivity contribution in [2.24, 2.45) is 5.92 Å². The van der Waals surface area contributed by atoms with Crippen LogP contribution < -0.4 is 16.0 Å². The van der Waals surface area contributed by atoms with Crippen LogP contribution in [0.4, 0.5) is 11.4 Å². The number of piperidine rings is 1. The number of likely N-dealkylation sites (tertiary alicyclic amines) is 1. The Hall–Kier alpha value is -3.39. The third kappa shape index (κ3) is 7.32. The molecule has 3 amide bonds. The molecule has 1 fully saturated rings. The summed E-state index contributed by atoms with van der Waals surface area (Å²) in [6, 6.07) is 13.9. The highest BCUT2D eigenvalue weighted by atomic mass is 16.5. The smallest absolute Gasteiger partial charge is 0.253 e. The second-order valence-corrected chi connectivity index (χ2v) is 8.28. The van der Waals surface area contributed by atoms with E-state index in [2.05, 4.69) is 22.9 Å². The van der Waals surface area contributed by atoms with Crippen molar-refractivity contribution in [3.63, 3.8) is 0 Å². The fourth-order valence-corrected chi connectivity index (χ4v) is 3.62. The van der Waals surface area contributed by atoms with E-state index in [1.807, 2.05) is 17.0 Å². The first kappa shape index (κ1) is 24.3. The highest BCUT2D eigenvalue weighted by molar-refractivity contribution is 5.97. The van der Waals surface area contributed by atoms with E-state index in [0.717, 1.165) is 25.9 Å². The van der Waals surface area contributed by atoms with Gasteiger partial charge in [0.1, 0.15) is 0 Å². The minimum absolute atomic E-state index is 0.0290. The van der Waals surface area contributed by atoms with E-state index in [1.165, 1.54) is 0 Å². The lowest BCUT2D eigenvalue weighted by Gasteiger charge is -2.30. The first-order valence-electron chi connectivity index (χ1n) is 11.3. The third-order valence-corrected chi connectivity index (χ3v) is 5.66. The van der Waals surface area contributed by atoms with Crippen LogP contribution >= 0.6 is 0 Å². The van der Waals surface area contributed by atoms with Crippen LogP contribution in [0.1, 0.15) is 40.5 Å². The number of ether oxygens (including phenoxy) is 1. The average molecular weight is 453 g/mol. The van der Waals surface area contributed by atoms with Crippen molar-refractivity contribution < 1.29 is 19.1 Å². The van der Waals surface area contributed by atoms with Gasteiger partial charge in [-0.25, -0.2) is 0 Å². The molecule has 0 atom stereocenters. The topological polar surface area (TPSA) is 99.8 Å². The third-order valence-electron chi connectivity index (χ3n) is 5.66. The van der Waals surface area contributed by atoms with Crippen LogP contribution in [-0.4, -0.2) is 62.5 Å². The van der Waals surface area contributed by atoms with E-state index in [9.17, 15) is 14.4 Å². The molecule has 0 spiro atoms. The zero-order chi connectivity index (χ0) is 23.6. The Kier molecular flexibility index (Phi) is 8.83. The molecule has 1 aliphatic heterocycles. The van der Waals surface area contributed by atoms with Gasteiger partial charge < -0.3 is 25.6 Å². The summed E-state index contributed by atoms with van der Waals surface area (Å²) in [4.78, 5) is 39.0. The highest BCUT2D eigenvalue weighted by Gasteiger charge is 2.21. The maximum Gasteiger partial charge on any atom is 0.253 e. The molecule has 1 heterocycles. The van der Waals surface area contributed by atoms with Crippen molar-refractivity contribution in [2.75, 3.05) is 50.5 Å². The molecule has 1 aliphatic rings. The summed E-state index contributed by atoms with van der Waals surface area (Å²) in [7, 11) is 1.57. The lowest BCUT2D eigenvalue weighted by atomic mass is 9.98. The molecule has 2 aromatic rings. The van der Waals surface area contributed by atoms with Crippen molar-refractivity contribution >= 4 is 29.1 Å². The molecular formula is C25H32N4O4. The van der Waals surface area contributed by atoms with E-state index in [1.54, 1.807) is 43.5 Å². The summed E-state index contributed by atoms with van der Waals surface area (Å²) >= 11 is 0. The monoisotopic (exact) mass is 452 g/mol. The largest absolute Gasteiger partial charge is 0.383 e. The summed E-state index contributed by atoms with van der Waals surface area (Å²) in [6.07, 6.45) is 2.06. The Labute approximate surface area is 194 Å². The van der Waals surface area contributed by atoms with E-state index in [0.29, 0.717) is 41.6 Å². The number of amides is 3. The lowest BCUT2D eigenvalue weighted by molar-refractivity contribution is -0.114. The summed E-state index contributed by atoms with van der Waals surface area (Å²) in [5, 5.41) is 8.61. The van der Waals surface area contributed by atoms with Gasteiger partial charge in [0.15, 0.2) is 0 Å². The van der Waals surface area contributed by atoms with Gasteiger partial charge >= 0.3 is 0 Å². The minimum Gasteiger partial charge on any atom is -0.383 e. The van der Waals surface area contributed by atoms with Crippen LogP contribution in [0.15, 0.2) is 48.5 Å². The Morgan fingerprint density at radius 3 is 2.42 bits per heavy atom. The fraction of sp³-hybridized carbons (Fsp3) is 0.400. The molecule has 2 aromatic carbocycles. The van der Waals surface area contributed by atoms with Crippen LogP contribution in [0.3, 0.4) is 0 Å². The molecule has 8 nitrogen and oxygen atoms in total. The zero-order valence-electron chi connectivity index (χ0n) is 19.2. The Morgan fingerprint density at radius 2 is 1.73 bits per heavy atom. The standard InChI is InChI=1S/C25H32N4O4/c1-18-10-13-29(14-11-18)25(32)20-4-3-5-22(16-20)27-17-23(30)28-21-8-6-19(7-9-21)24(31)26-12-15-33-2/h3-9,16,18,27H,10-15,17H2,1-2H3,(H,26,31)(H,28,30). The lowest BCUT2D eigenvalue weighted by Crippen LogP contribution is -2.37. The molecule has 0 saturated carbocycles. The molecule has 33 heavy (non-hydrogen) atoms. The first-order valence-corrected chi connectivity index (χ1v) is 11.3.